The quantitative estimate of drug-likeness (QED) is 0.745. The molecule has 92 valence electrons. The van der Waals surface area contributed by atoms with Gasteiger partial charge >= 0.3 is 5.97 Å². The molecule has 2 nitrogen and oxygen atoms in total. The lowest BCUT2D eigenvalue weighted by Gasteiger charge is -2.28. The van der Waals surface area contributed by atoms with Gasteiger partial charge in [-0.05, 0) is 24.3 Å². The van der Waals surface area contributed by atoms with E-state index >= 15 is 0 Å². The van der Waals surface area contributed by atoms with Crippen molar-refractivity contribution in [2.75, 3.05) is 7.11 Å². The van der Waals surface area contributed by atoms with E-state index in [9.17, 15) is 4.79 Å². The molecular weight excluding hydrogens is 212 g/mol. The molecule has 0 amide bonds. The van der Waals surface area contributed by atoms with Crippen LogP contribution in [-0.4, -0.2) is 13.1 Å². The third-order valence-corrected chi connectivity index (χ3v) is 3.74. The van der Waals surface area contributed by atoms with Crippen molar-refractivity contribution < 1.29 is 9.53 Å². The van der Waals surface area contributed by atoms with Crippen molar-refractivity contribution in [2.45, 2.75) is 38.0 Å². The van der Waals surface area contributed by atoms with Crippen molar-refractivity contribution in [3.63, 3.8) is 0 Å². The minimum Gasteiger partial charge on any atom is -0.469 e. The van der Waals surface area contributed by atoms with Crippen LogP contribution in [0.3, 0.4) is 0 Å². The molecule has 0 bridgehead atoms. The average Bonchev–Trinajstić information content (AvgIpc) is 2.41. The average molecular weight is 232 g/mol. The van der Waals surface area contributed by atoms with Crippen LogP contribution >= 0.6 is 0 Å². The van der Waals surface area contributed by atoms with E-state index in [4.69, 9.17) is 4.74 Å². The van der Waals surface area contributed by atoms with Crippen molar-refractivity contribution >= 4 is 5.97 Å². The van der Waals surface area contributed by atoms with Gasteiger partial charge in [0.05, 0.1) is 13.0 Å². The van der Waals surface area contributed by atoms with Crippen molar-refractivity contribution in [3.05, 3.63) is 35.9 Å². The van der Waals surface area contributed by atoms with E-state index in [0.717, 1.165) is 18.4 Å². The Morgan fingerprint density at radius 1 is 1.18 bits per heavy atom. The van der Waals surface area contributed by atoms with Crippen LogP contribution in [0.2, 0.25) is 0 Å². The van der Waals surface area contributed by atoms with Gasteiger partial charge in [-0.2, -0.15) is 0 Å². The monoisotopic (exact) mass is 232 g/mol. The molecule has 1 aliphatic carbocycles. The summed E-state index contributed by atoms with van der Waals surface area (Å²) in [5.41, 5.74) is 1.10. The summed E-state index contributed by atoms with van der Waals surface area (Å²) in [7, 11) is 1.49. The first kappa shape index (κ1) is 12.2. The number of carbonyl (C=O) groups is 1. The third-order valence-electron chi connectivity index (χ3n) is 3.74. The molecule has 0 aliphatic heterocycles. The summed E-state index contributed by atoms with van der Waals surface area (Å²) in [6.07, 6.45) is 6.08. The van der Waals surface area contributed by atoms with Crippen LogP contribution in [0.25, 0.3) is 0 Å². The maximum atomic E-state index is 12.0. The Bertz CT molecular complexity index is 352. The van der Waals surface area contributed by atoms with E-state index in [1.165, 1.54) is 26.4 Å². The van der Waals surface area contributed by atoms with Crippen LogP contribution in [-0.2, 0) is 9.53 Å². The fourth-order valence-electron chi connectivity index (χ4n) is 2.86. The highest BCUT2D eigenvalue weighted by molar-refractivity contribution is 5.78. The minimum absolute atomic E-state index is 0.0681. The molecule has 1 aromatic carbocycles. The number of methoxy groups -OCH3 is 1. The molecule has 0 heterocycles. The Kier molecular flexibility index (Phi) is 4.18. The normalized spacial score (nSPS) is 18.6. The maximum Gasteiger partial charge on any atom is 0.313 e. The number of hydrogen-bond acceptors (Lipinski definition) is 2. The summed E-state index contributed by atoms with van der Waals surface area (Å²) in [5, 5.41) is 0. The number of ether oxygens (including phenoxy) is 1. The van der Waals surface area contributed by atoms with Crippen LogP contribution in [0.15, 0.2) is 30.3 Å². The van der Waals surface area contributed by atoms with Crippen LogP contribution in [0.4, 0.5) is 0 Å². The highest BCUT2D eigenvalue weighted by Gasteiger charge is 2.31. The van der Waals surface area contributed by atoms with E-state index < -0.39 is 0 Å². The number of rotatable bonds is 3. The van der Waals surface area contributed by atoms with E-state index in [-0.39, 0.29) is 11.9 Å². The van der Waals surface area contributed by atoms with Gasteiger partial charge in [-0.25, -0.2) is 0 Å². The van der Waals surface area contributed by atoms with E-state index in [2.05, 4.69) is 0 Å². The van der Waals surface area contributed by atoms with Gasteiger partial charge in [-0.15, -0.1) is 0 Å². The van der Waals surface area contributed by atoms with Gasteiger partial charge in [0.2, 0.25) is 0 Å². The molecule has 0 N–H and O–H groups in total. The summed E-state index contributed by atoms with van der Waals surface area (Å²) < 4.78 is 4.98. The number of benzene rings is 1. The number of carbonyl (C=O) groups excluding carboxylic acids is 1. The van der Waals surface area contributed by atoms with Gasteiger partial charge in [0.15, 0.2) is 0 Å². The maximum absolute atomic E-state index is 12.0. The van der Waals surface area contributed by atoms with Gasteiger partial charge in [0.1, 0.15) is 0 Å². The Labute approximate surface area is 103 Å². The lowest BCUT2D eigenvalue weighted by Crippen LogP contribution is -2.24. The summed E-state index contributed by atoms with van der Waals surface area (Å²) in [4.78, 5) is 12.0. The molecule has 0 unspecified atom stereocenters. The first-order valence-electron chi connectivity index (χ1n) is 6.45. The molecule has 1 fully saturated rings. The van der Waals surface area contributed by atoms with Gasteiger partial charge in [-0.3, -0.25) is 4.79 Å². The second kappa shape index (κ2) is 5.85. The van der Waals surface area contributed by atoms with E-state index in [1.54, 1.807) is 0 Å². The zero-order valence-corrected chi connectivity index (χ0v) is 10.4. The molecule has 0 radical (unpaired) electrons. The summed E-state index contributed by atoms with van der Waals surface area (Å²) >= 11 is 0. The molecule has 0 saturated heterocycles. The largest absolute Gasteiger partial charge is 0.469 e. The van der Waals surface area contributed by atoms with Crippen molar-refractivity contribution in [2.24, 2.45) is 5.92 Å². The second-order valence-electron chi connectivity index (χ2n) is 4.81. The number of hydrogen-bond donors (Lipinski definition) is 0. The molecular formula is C15H20O2. The molecule has 0 spiro atoms. The van der Waals surface area contributed by atoms with Gasteiger partial charge in [-0.1, -0.05) is 49.6 Å². The minimum atomic E-state index is -0.0805. The predicted octanol–water partition coefficient (Wildman–Crippen LogP) is 3.52. The third kappa shape index (κ3) is 2.87. The van der Waals surface area contributed by atoms with Crippen LogP contribution in [0.1, 0.15) is 43.6 Å². The molecule has 2 heteroatoms. The summed E-state index contributed by atoms with van der Waals surface area (Å²) in [6, 6.07) is 10.0. The standard InChI is InChI=1S/C15H20O2/c1-17-15(16)14(12-8-4-2-5-9-12)13-10-6-3-7-11-13/h2,4-5,8-9,13-14H,3,6-7,10-11H2,1H3/t14-/m0/s1. The van der Waals surface area contributed by atoms with E-state index in [1.807, 2.05) is 30.3 Å². The first-order valence-corrected chi connectivity index (χ1v) is 6.45. The molecule has 1 atom stereocenters. The highest BCUT2D eigenvalue weighted by Crippen LogP contribution is 2.36. The SMILES string of the molecule is COC(=O)[C@@H](c1ccccc1)C1CCCCC1. The van der Waals surface area contributed by atoms with Crippen LogP contribution in [0.5, 0.6) is 0 Å². The molecule has 2 rings (SSSR count). The van der Waals surface area contributed by atoms with Crippen LogP contribution < -0.4 is 0 Å². The molecule has 1 saturated carbocycles. The topological polar surface area (TPSA) is 26.3 Å². The van der Waals surface area contributed by atoms with Gasteiger partial charge < -0.3 is 4.74 Å². The first-order chi connectivity index (χ1) is 8.33. The van der Waals surface area contributed by atoms with Crippen molar-refractivity contribution in [1.29, 1.82) is 0 Å². The lowest BCUT2D eigenvalue weighted by molar-refractivity contribution is -0.144. The van der Waals surface area contributed by atoms with Gasteiger partial charge in [0, 0.05) is 0 Å². The molecule has 17 heavy (non-hydrogen) atoms. The van der Waals surface area contributed by atoms with Gasteiger partial charge in [0.25, 0.3) is 0 Å². The second-order valence-corrected chi connectivity index (χ2v) is 4.81. The highest BCUT2D eigenvalue weighted by atomic mass is 16.5. The fraction of sp³-hybridized carbons (Fsp3) is 0.533. The molecule has 1 aromatic rings. The molecule has 0 aromatic heterocycles. The van der Waals surface area contributed by atoms with Crippen LogP contribution in [0, 0.1) is 5.92 Å². The Hall–Kier alpha value is -1.31. The van der Waals surface area contributed by atoms with Crippen molar-refractivity contribution in [3.8, 4) is 0 Å². The number of esters is 1. The summed E-state index contributed by atoms with van der Waals surface area (Å²) in [5.74, 6) is 0.309. The Balaban J connectivity index is 2.21. The van der Waals surface area contributed by atoms with E-state index in [0.29, 0.717) is 5.92 Å². The fourth-order valence-corrected chi connectivity index (χ4v) is 2.86. The predicted molar refractivity (Wildman–Crippen MR) is 67.8 cm³/mol. The lowest BCUT2D eigenvalue weighted by atomic mass is 9.77. The zero-order chi connectivity index (χ0) is 12.1. The summed E-state index contributed by atoms with van der Waals surface area (Å²) in [6.45, 7) is 0. The molecule has 1 aliphatic rings. The zero-order valence-electron chi connectivity index (χ0n) is 10.4. The Morgan fingerprint density at radius 2 is 1.82 bits per heavy atom. The Morgan fingerprint density at radius 3 is 2.41 bits per heavy atom. The smallest absolute Gasteiger partial charge is 0.313 e. The van der Waals surface area contributed by atoms with Crippen molar-refractivity contribution in [1.82, 2.24) is 0 Å².